The van der Waals surface area contributed by atoms with Crippen LogP contribution in [0.5, 0.6) is 11.5 Å². The van der Waals surface area contributed by atoms with Crippen molar-refractivity contribution in [2.75, 3.05) is 34.5 Å². The number of rotatable bonds is 21. The van der Waals surface area contributed by atoms with Gasteiger partial charge in [-0.15, -0.1) is 34.8 Å². The number of carbonyl (C=O) groups is 6. The quantitative estimate of drug-likeness (QED) is 0.0314. The molecule has 5 aromatic rings. The van der Waals surface area contributed by atoms with E-state index in [2.05, 4.69) is 41.7 Å². The molecule has 5 aromatic carbocycles. The molecular formula is C47H43Cl5N8O8. The molecule has 0 aromatic heterocycles. The first-order valence-electron chi connectivity index (χ1n) is 20.5. The molecule has 0 aliphatic carbocycles. The molecule has 0 fully saturated rings. The Hall–Kier alpha value is -6.43. The van der Waals surface area contributed by atoms with Crippen LogP contribution in [0, 0.1) is 0 Å². The van der Waals surface area contributed by atoms with Crippen molar-refractivity contribution in [3.63, 3.8) is 0 Å². The molecule has 68 heavy (non-hydrogen) atoms. The van der Waals surface area contributed by atoms with E-state index in [1.165, 1.54) is 54.6 Å². The highest BCUT2D eigenvalue weighted by Gasteiger charge is 2.26. The van der Waals surface area contributed by atoms with Gasteiger partial charge in [-0.3, -0.25) is 28.8 Å². The van der Waals surface area contributed by atoms with Crippen molar-refractivity contribution in [1.29, 1.82) is 0 Å². The van der Waals surface area contributed by atoms with Gasteiger partial charge in [0, 0.05) is 73.7 Å². The van der Waals surface area contributed by atoms with E-state index in [1.54, 1.807) is 36.4 Å². The monoisotopic (exact) mass is 1020 g/mol. The lowest BCUT2D eigenvalue weighted by molar-refractivity contribution is -0.127. The fourth-order valence-electron chi connectivity index (χ4n) is 6.25. The Kier molecular flexibility index (Phi) is 19.4. The molecule has 5 rings (SSSR count). The summed E-state index contributed by atoms with van der Waals surface area (Å²) in [5.41, 5.74) is 3.39. The first kappa shape index (κ1) is 52.5. The van der Waals surface area contributed by atoms with Gasteiger partial charge >= 0.3 is 0 Å². The molecule has 0 spiro atoms. The molecule has 0 aliphatic rings. The summed E-state index contributed by atoms with van der Waals surface area (Å²) >= 11 is 30.9. The Balaban J connectivity index is 1.26. The van der Waals surface area contributed by atoms with E-state index in [-0.39, 0.29) is 61.6 Å². The Bertz CT molecular complexity index is 2790. The number of hydrogen-bond donors (Lipinski definition) is 4. The van der Waals surface area contributed by atoms with Crippen LogP contribution in [0.25, 0.3) is 0 Å². The van der Waals surface area contributed by atoms with Crippen LogP contribution < -0.4 is 30.7 Å². The van der Waals surface area contributed by atoms with Crippen LogP contribution >= 0.6 is 58.0 Å². The summed E-state index contributed by atoms with van der Waals surface area (Å²) in [6.45, 7) is 6.78. The van der Waals surface area contributed by atoms with Gasteiger partial charge in [-0.05, 0) is 123 Å². The SMILES string of the molecule is CCOc1cc(CCl)cc(NC(=O)c2cc(Cl)cc(N=NC(C(C)=O)C(=O)Nc3ccc(NC(=O)C(N=Nc4cc(Cl)cc(C(=O)Nc5cc(CCl)cc(OCC)c5)c4)C(C)=O)c(CCl)c3)c2)c1. The fraction of sp³-hybridized carbons (Fsp3) is 0.234. The average molecular weight is 1030 g/mol. The van der Waals surface area contributed by atoms with E-state index in [4.69, 9.17) is 67.5 Å². The third-order valence-corrected chi connectivity index (χ3v) is 10.6. The van der Waals surface area contributed by atoms with Crippen molar-refractivity contribution in [3.05, 3.63) is 129 Å². The highest BCUT2D eigenvalue weighted by atomic mass is 35.5. The van der Waals surface area contributed by atoms with Crippen molar-refractivity contribution >= 4 is 127 Å². The zero-order chi connectivity index (χ0) is 49.5. The first-order chi connectivity index (χ1) is 32.5. The summed E-state index contributed by atoms with van der Waals surface area (Å²) in [6, 6.07) is 19.6. The van der Waals surface area contributed by atoms with E-state index < -0.39 is 47.3 Å². The molecule has 0 saturated heterocycles. The van der Waals surface area contributed by atoms with Crippen molar-refractivity contribution < 1.29 is 38.2 Å². The summed E-state index contributed by atoms with van der Waals surface area (Å²) in [5, 5.41) is 27.1. The van der Waals surface area contributed by atoms with Crippen molar-refractivity contribution in [1.82, 2.24) is 0 Å². The van der Waals surface area contributed by atoms with Gasteiger partial charge in [0.05, 0.1) is 24.6 Å². The van der Waals surface area contributed by atoms with Gasteiger partial charge in [-0.1, -0.05) is 23.2 Å². The molecule has 0 heterocycles. The van der Waals surface area contributed by atoms with Gasteiger partial charge in [-0.2, -0.15) is 20.5 Å². The van der Waals surface area contributed by atoms with Gasteiger partial charge in [-0.25, -0.2) is 0 Å². The maximum Gasteiger partial charge on any atom is 0.258 e. The van der Waals surface area contributed by atoms with Crippen LogP contribution in [0.4, 0.5) is 34.1 Å². The summed E-state index contributed by atoms with van der Waals surface area (Å²) in [6.07, 6.45) is 0. The van der Waals surface area contributed by atoms with Gasteiger partial charge in [0.2, 0.25) is 12.1 Å². The van der Waals surface area contributed by atoms with Crippen molar-refractivity contribution in [2.24, 2.45) is 20.5 Å². The summed E-state index contributed by atoms with van der Waals surface area (Å²) in [4.78, 5) is 78.6. The lowest BCUT2D eigenvalue weighted by Gasteiger charge is -2.15. The first-order valence-corrected chi connectivity index (χ1v) is 22.9. The Morgan fingerprint density at radius 1 is 0.529 bits per heavy atom. The molecule has 2 atom stereocenters. The number of Topliss-reactive ketones (excluding diaryl/α,β-unsaturated/α-hetero) is 2. The molecule has 16 nitrogen and oxygen atoms in total. The highest BCUT2D eigenvalue weighted by molar-refractivity contribution is 6.32. The number of ketones is 2. The number of anilines is 4. The molecule has 0 bridgehead atoms. The largest absolute Gasteiger partial charge is 0.494 e. The van der Waals surface area contributed by atoms with Crippen molar-refractivity contribution in [2.45, 2.75) is 57.4 Å². The Morgan fingerprint density at radius 3 is 1.40 bits per heavy atom. The number of halogens is 5. The van der Waals surface area contributed by atoms with Crippen LogP contribution in [0.15, 0.2) is 111 Å². The number of hydrogen-bond acceptors (Lipinski definition) is 12. The molecule has 21 heteroatoms. The van der Waals surface area contributed by atoms with Crippen LogP contribution in [0.2, 0.25) is 10.0 Å². The van der Waals surface area contributed by atoms with Crippen molar-refractivity contribution in [3.8, 4) is 11.5 Å². The molecule has 4 amide bonds. The third-order valence-electron chi connectivity index (χ3n) is 9.29. The minimum atomic E-state index is -1.63. The van der Waals surface area contributed by atoms with E-state index in [9.17, 15) is 28.8 Å². The van der Waals surface area contributed by atoms with Gasteiger partial charge < -0.3 is 30.7 Å². The number of ether oxygens (including phenoxy) is 2. The zero-order valence-corrected chi connectivity index (χ0v) is 40.6. The van der Waals surface area contributed by atoms with Crippen LogP contribution in [0.1, 0.15) is 65.1 Å². The Labute approximate surface area is 416 Å². The molecule has 4 N–H and O–H groups in total. The minimum Gasteiger partial charge on any atom is -0.494 e. The number of azo groups is 2. The number of carbonyl (C=O) groups excluding carboxylic acids is 6. The second-order valence-electron chi connectivity index (χ2n) is 14.6. The smallest absolute Gasteiger partial charge is 0.258 e. The minimum absolute atomic E-state index is 0.0819. The zero-order valence-electron chi connectivity index (χ0n) is 36.8. The lowest BCUT2D eigenvalue weighted by atomic mass is 10.1. The predicted molar refractivity (Wildman–Crippen MR) is 264 cm³/mol. The maximum absolute atomic E-state index is 13.4. The highest BCUT2D eigenvalue weighted by Crippen LogP contribution is 2.29. The van der Waals surface area contributed by atoms with E-state index >= 15 is 0 Å². The lowest BCUT2D eigenvalue weighted by Crippen LogP contribution is -2.32. The van der Waals surface area contributed by atoms with Gasteiger partial charge in [0.1, 0.15) is 11.5 Å². The van der Waals surface area contributed by atoms with E-state index in [0.717, 1.165) is 25.0 Å². The number of benzene rings is 5. The summed E-state index contributed by atoms with van der Waals surface area (Å²) in [7, 11) is 0. The second kappa shape index (κ2) is 25.1. The average Bonchev–Trinajstić information content (AvgIpc) is 3.29. The number of alkyl halides is 3. The summed E-state index contributed by atoms with van der Waals surface area (Å²) in [5.74, 6) is -2.81. The summed E-state index contributed by atoms with van der Waals surface area (Å²) < 4.78 is 11.1. The normalized spacial score (nSPS) is 12.0. The molecule has 0 aliphatic heterocycles. The molecular weight excluding hydrogens is 982 g/mol. The second-order valence-corrected chi connectivity index (χ2v) is 16.3. The molecule has 2 unspecified atom stereocenters. The van der Waals surface area contributed by atoms with Crippen LogP contribution in [-0.2, 0) is 36.8 Å². The van der Waals surface area contributed by atoms with Gasteiger partial charge in [0.25, 0.3) is 23.6 Å². The maximum atomic E-state index is 13.4. The Morgan fingerprint density at radius 2 is 0.985 bits per heavy atom. The number of nitrogens with one attached hydrogen (secondary N) is 4. The molecule has 0 radical (unpaired) electrons. The van der Waals surface area contributed by atoms with Gasteiger partial charge in [0.15, 0.2) is 11.6 Å². The van der Waals surface area contributed by atoms with Crippen LogP contribution in [-0.4, -0.2) is 60.5 Å². The standard InChI is InChI=1S/C47H43Cl5N8O8/c1-5-67-39-11-27(22-48)9-35(20-39)54-44(63)29-13-32(51)18-37(15-29)57-59-42(25(3)61)46(65)53-34-7-8-41(31(17-34)24-50)56-47(66)43(26(4)62)60-58-38-16-30(14-33(52)19-38)45(64)55-36-10-28(23-49)12-40(21-36)68-6-2/h7-21,42-43H,5-6,22-24H2,1-4H3,(H,53,65)(H,54,63)(H,55,64)(H,56,66). The topological polar surface area (TPSA) is 218 Å². The van der Waals surface area contributed by atoms with E-state index in [0.29, 0.717) is 41.7 Å². The molecule has 354 valence electrons. The number of nitrogens with zero attached hydrogens (tertiary/aromatic N) is 4. The molecule has 0 saturated carbocycles. The third kappa shape index (κ3) is 15.0. The number of amides is 4. The van der Waals surface area contributed by atoms with Crippen LogP contribution in [0.3, 0.4) is 0 Å². The predicted octanol–water partition coefficient (Wildman–Crippen LogP) is 11.9. The van der Waals surface area contributed by atoms with E-state index in [1.807, 2.05) is 13.8 Å². The fourth-order valence-corrected chi connectivity index (χ4v) is 7.24.